The van der Waals surface area contributed by atoms with Crippen molar-refractivity contribution >= 4 is 9.84 Å². The molecule has 2 unspecified atom stereocenters. The molecule has 1 saturated heterocycles. The first-order valence-corrected chi connectivity index (χ1v) is 8.73. The molecular formula is C13H23N3O3S. The summed E-state index contributed by atoms with van der Waals surface area (Å²) in [5, 5.41) is 7.09. The molecule has 0 radical (unpaired) electrons. The summed E-state index contributed by atoms with van der Waals surface area (Å²) >= 11 is 0. The SMILES string of the molecule is CCNC(c1c(OC)cnn1C)C1CCCCS1(=O)=O. The van der Waals surface area contributed by atoms with Gasteiger partial charge < -0.3 is 10.1 Å². The molecular weight excluding hydrogens is 278 g/mol. The van der Waals surface area contributed by atoms with Crippen LogP contribution in [0.2, 0.25) is 0 Å². The van der Waals surface area contributed by atoms with Crippen LogP contribution in [0.25, 0.3) is 0 Å². The summed E-state index contributed by atoms with van der Waals surface area (Å²) in [7, 11) is 0.327. The highest BCUT2D eigenvalue weighted by molar-refractivity contribution is 7.92. The number of sulfone groups is 1. The normalized spacial score (nSPS) is 23.4. The predicted molar refractivity (Wildman–Crippen MR) is 77.6 cm³/mol. The molecule has 20 heavy (non-hydrogen) atoms. The number of aromatic nitrogens is 2. The molecule has 2 atom stereocenters. The maximum atomic E-state index is 12.4. The molecule has 1 aliphatic rings. The lowest BCUT2D eigenvalue weighted by Gasteiger charge is -2.31. The molecule has 0 amide bonds. The molecule has 0 saturated carbocycles. The molecule has 114 valence electrons. The lowest BCUT2D eigenvalue weighted by Crippen LogP contribution is -2.41. The predicted octanol–water partition coefficient (Wildman–Crippen LogP) is 1.05. The van der Waals surface area contributed by atoms with Gasteiger partial charge in [0.25, 0.3) is 0 Å². The van der Waals surface area contributed by atoms with Crippen LogP contribution in [0.3, 0.4) is 0 Å². The molecule has 1 aliphatic heterocycles. The van der Waals surface area contributed by atoms with Crippen LogP contribution in [-0.2, 0) is 16.9 Å². The number of nitrogens with zero attached hydrogens (tertiary/aromatic N) is 2. The standard InChI is InChI=1S/C13H23N3O3S/c1-4-14-12(11-7-5-6-8-20(11,17)18)13-10(19-3)9-15-16(13)2/h9,11-12,14H,4-8H2,1-3H3. The van der Waals surface area contributed by atoms with Crippen LogP contribution in [0, 0.1) is 0 Å². The quantitative estimate of drug-likeness (QED) is 0.880. The Morgan fingerprint density at radius 1 is 1.55 bits per heavy atom. The summed E-state index contributed by atoms with van der Waals surface area (Å²) in [4.78, 5) is 0. The zero-order valence-electron chi connectivity index (χ0n) is 12.3. The minimum atomic E-state index is -3.07. The molecule has 2 heterocycles. The maximum Gasteiger partial charge on any atom is 0.161 e. The van der Waals surface area contributed by atoms with Crippen molar-refractivity contribution in [2.75, 3.05) is 19.4 Å². The van der Waals surface area contributed by atoms with Gasteiger partial charge in [-0.25, -0.2) is 8.42 Å². The van der Waals surface area contributed by atoms with Gasteiger partial charge in [0, 0.05) is 7.05 Å². The van der Waals surface area contributed by atoms with E-state index in [9.17, 15) is 8.42 Å². The largest absolute Gasteiger partial charge is 0.493 e. The third-order valence-electron chi connectivity index (χ3n) is 3.89. The second-order valence-corrected chi connectivity index (χ2v) is 7.50. The van der Waals surface area contributed by atoms with Crippen LogP contribution in [0.4, 0.5) is 0 Å². The minimum absolute atomic E-state index is 0.271. The first-order valence-electron chi connectivity index (χ1n) is 7.02. The Kier molecular flexibility index (Phi) is 4.70. The van der Waals surface area contributed by atoms with Gasteiger partial charge in [0.15, 0.2) is 15.6 Å². The van der Waals surface area contributed by atoms with Crippen molar-refractivity contribution in [1.29, 1.82) is 0 Å². The molecule has 6 nitrogen and oxygen atoms in total. The van der Waals surface area contributed by atoms with Gasteiger partial charge in [-0.3, -0.25) is 4.68 Å². The highest BCUT2D eigenvalue weighted by Crippen LogP contribution is 2.34. The van der Waals surface area contributed by atoms with Crippen LogP contribution < -0.4 is 10.1 Å². The number of rotatable bonds is 5. The van der Waals surface area contributed by atoms with Crippen LogP contribution in [0.1, 0.15) is 37.9 Å². The third-order valence-corrected chi connectivity index (χ3v) is 6.18. The number of hydrogen-bond donors (Lipinski definition) is 1. The minimum Gasteiger partial charge on any atom is -0.493 e. The van der Waals surface area contributed by atoms with Gasteiger partial charge in [-0.15, -0.1) is 0 Å². The zero-order valence-corrected chi connectivity index (χ0v) is 13.1. The Bertz CT molecular complexity index is 553. The van der Waals surface area contributed by atoms with Crippen molar-refractivity contribution in [1.82, 2.24) is 15.1 Å². The molecule has 1 aromatic heterocycles. The second kappa shape index (κ2) is 6.13. The van der Waals surface area contributed by atoms with E-state index in [4.69, 9.17) is 4.74 Å². The maximum absolute atomic E-state index is 12.4. The molecule has 0 aliphatic carbocycles. The number of ether oxygens (including phenoxy) is 1. The Hall–Kier alpha value is -1.08. The van der Waals surface area contributed by atoms with Crippen LogP contribution in [0.5, 0.6) is 5.75 Å². The number of hydrogen-bond acceptors (Lipinski definition) is 5. The Balaban J connectivity index is 2.42. The Morgan fingerprint density at radius 3 is 2.90 bits per heavy atom. The van der Waals surface area contributed by atoms with Crippen molar-refractivity contribution < 1.29 is 13.2 Å². The molecule has 7 heteroatoms. The molecule has 0 spiro atoms. The van der Waals surface area contributed by atoms with Crippen LogP contribution in [-0.4, -0.2) is 42.9 Å². The summed E-state index contributed by atoms with van der Waals surface area (Å²) in [6.45, 7) is 2.68. The average Bonchev–Trinajstić information content (AvgIpc) is 2.77. The fourth-order valence-electron chi connectivity index (χ4n) is 2.92. The van der Waals surface area contributed by atoms with Gasteiger partial charge in [0.1, 0.15) is 0 Å². The van der Waals surface area contributed by atoms with Gasteiger partial charge in [-0.2, -0.15) is 5.10 Å². The van der Waals surface area contributed by atoms with Crippen LogP contribution >= 0.6 is 0 Å². The molecule has 1 aromatic rings. The topological polar surface area (TPSA) is 73.2 Å². The number of methoxy groups -OCH3 is 1. The van der Waals surface area contributed by atoms with Crippen molar-refractivity contribution in [3.05, 3.63) is 11.9 Å². The molecule has 0 aromatic carbocycles. The van der Waals surface area contributed by atoms with E-state index in [0.717, 1.165) is 18.5 Å². The third kappa shape index (κ3) is 2.83. The Morgan fingerprint density at radius 2 is 2.30 bits per heavy atom. The lowest BCUT2D eigenvalue weighted by molar-refractivity contribution is 0.382. The zero-order chi connectivity index (χ0) is 14.8. The summed E-state index contributed by atoms with van der Waals surface area (Å²) in [6, 6.07) is -0.271. The highest BCUT2D eigenvalue weighted by Gasteiger charge is 2.38. The molecule has 1 fully saturated rings. The van der Waals surface area contributed by atoms with E-state index in [1.54, 1.807) is 18.0 Å². The molecule has 1 N–H and O–H groups in total. The number of nitrogens with one attached hydrogen (secondary N) is 1. The van der Waals surface area contributed by atoms with Gasteiger partial charge in [0.05, 0.1) is 36.0 Å². The summed E-state index contributed by atoms with van der Waals surface area (Å²) < 4.78 is 31.8. The van der Waals surface area contributed by atoms with Gasteiger partial charge in [-0.1, -0.05) is 13.3 Å². The van der Waals surface area contributed by atoms with E-state index in [0.29, 0.717) is 18.7 Å². The second-order valence-electron chi connectivity index (χ2n) is 5.16. The van der Waals surface area contributed by atoms with Crippen LogP contribution in [0.15, 0.2) is 6.20 Å². The van der Waals surface area contributed by atoms with Crippen molar-refractivity contribution in [3.63, 3.8) is 0 Å². The molecule has 0 bridgehead atoms. The van der Waals surface area contributed by atoms with E-state index in [1.807, 2.05) is 14.0 Å². The smallest absolute Gasteiger partial charge is 0.161 e. The fourth-order valence-corrected chi connectivity index (χ4v) is 4.99. The summed E-state index contributed by atoms with van der Waals surface area (Å²) in [5.41, 5.74) is 0.810. The average molecular weight is 301 g/mol. The van der Waals surface area contributed by atoms with Gasteiger partial charge >= 0.3 is 0 Å². The highest BCUT2D eigenvalue weighted by atomic mass is 32.2. The van der Waals surface area contributed by atoms with Crippen molar-refractivity contribution in [3.8, 4) is 5.75 Å². The Labute approximate surface area is 120 Å². The van der Waals surface area contributed by atoms with E-state index in [2.05, 4.69) is 10.4 Å². The van der Waals surface area contributed by atoms with Crippen molar-refractivity contribution in [2.45, 2.75) is 37.5 Å². The van der Waals surface area contributed by atoms with Gasteiger partial charge in [0.2, 0.25) is 0 Å². The van der Waals surface area contributed by atoms with E-state index >= 15 is 0 Å². The first kappa shape index (κ1) is 15.3. The van der Waals surface area contributed by atoms with Gasteiger partial charge in [-0.05, 0) is 19.4 Å². The molecule has 2 rings (SSSR count). The summed E-state index contributed by atoms with van der Waals surface area (Å²) in [5.74, 6) is 0.916. The van der Waals surface area contributed by atoms with E-state index in [-0.39, 0.29) is 11.8 Å². The van der Waals surface area contributed by atoms with E-state index in [1.165, 1.54) is 0 Å². The van der Waals surface area contributed by atoms with E-state index < -0.39 is 15.1 Å². The first-order chi connectivity index (χ1) is 9.51. The fraction of sp³-hybridized carbons (Fsp3) is 0.769. The summed E-state index contributed by atoms with van der Waals surface area (Å²) in [6.07, 6.45) is 4.04. The lowest BCUT2D eigenvalue weighted by atomic mass is 10.0. The van der Waals surface area contributed by atoms with Crippen molar-refractivity contribution in [2.24, 2.45) is 7.05 Å². The monoisotopic (exact) mass is 301 g/mol. The number of aryl methyl sites for hydroxylation is 1.